The van der Waals surface area contributed by atoms with Gasteiger partial charge in [-0.15, -0.1) is 0 Å². The summed E-state index contributed by atoms with van der Waals surface area (Å²) in [6.07, 6.45) is 6.69. The van der Waals surface area contributed by atoms with E-state index in [1.807, 2.05) is 7.05 Å². The van der Waals surface area contributed by atoms with Gasteiger partial charge in [0, 0.05) is 25.0 Å². The van der Waals surface area contributed by atoms with E-state index in [0.717, 1.165) is 39.0 Å². The Kier molecular flexibility index (Phi) is 7.39. The normalized spacial score (nSPS) is 18.5. The van der Waals surface area contributed by atoms with Gasteiger partial charge >= 0.3 is 0 Å². The van der Waals surface area contributed by atoms with Crippen molar-refractivity contribution in [3.05, 3.63) is 0 Å². The van der Waals surface area contributed by atoms with Gasteiger partial charge in [-0.25, -0.2) is 0 Å². The lowest BCUT2D eigenvalue weighted by molar-refractivity contribution is -0.122. The molecule has 1 rings (SSSR count). The molecular formula is C15H31N3O. The molecule has 1 aliphatic carbocycles. The molecule has 1 amide bonds. The van der Waals surface area contributed by atoms with Crippen LogP contribution in [-0.2, 0) is 4.79 Å². The maximum atomic E-state index is 12.1. The van der Waals surface area contributed by atoms with Crippen LogP contribution >= 0.6 is 0 Å². The topological polar surface area (TPSA) is 44.4 Å². The summed E-state index contributed by atoms with van der Waals surface area (Å²) in [5.41, 5.74) is 0.0531. The van der Waals surface area contributed by atoms with Gasteiger partial charge in [0.2, 0.25) is 5.91 Å². The minimum absolute atomic E-state index is 0.0531. The van der Waals surface area contributed by atoms with Gasteiger partial charge in [0.1, 0.15) is 0 Å². The predicted octanol–water partition coefficient (Wildman–Crippen LogP) is 1.76. The molecule has 1 saturated carbocycles. The molecule has 1 aliphatic rings. The highest BCUT2D eigenvalue weighted by Gasteiger charge is 2.32. The summed E-state index contributed by atoms with van der Waals surface area (Å²) < 4.78 is 0. The summed E-state index contributed by atoms with van der Waals surface area (Å²) in [4.78, 5) is 14.4. The molecule has 0 unspecified atom stereocenters. The Hall–Kier alpha value is -0.610. The van der Waals surface area contributed by atoms with E-state index in [4.69, 9.17) is 0 Å². The molecule has 0 saturated heterocycles. The molecule has 0 aromatic heterocycles. The fourth-order valence-electron chi connectivity index (χ4n) is 3.01. The molecular weight excluding hydrogens is 238 g/mol. The lowest BCUT2D eigenvalue weighted by Gasteiger charge is -2.36. The van der Waals surface area contributed by atoms with E-state index in [-0.39, 0.29) is 11.4 Å². The zero-order valence-corrected chi connectivity index (χ0v) is 12.9. The molecule has 0 bridgehead atoms. The van der Waals surface area contributed by atoms with Crippen LogP contribution in [0.15, 0.2) is 0 Å². The van der Waals surface area contributed by atoms with Crippen LogP contribution in [0.1, 0.15) is 52.4 Å². The van der Waals surface area contributed by atoms with E-state index in [9.17, 15) is 4.79 Å². The van der Waals surface area contributed by atoms with Gasteiger partial charge < -0.3 is 15.5 Å². The van der Waals surface area contributed by atoms with Crippen LogP contribution in [0.5, 0.6) is 0 Å². The monoisotopic (exact) mass is 269 g/mol. The van der Waals surface area contributed by atoms with Crippen molar-refractivity contribution in [2.24, 2.45) is 0 Å². The first-order valence-corrected chi connectivity index (χ1v) is 7.83. The zero-order chi connectivity index (χ0) is 14.1. The van der Waals surface area contributed by atoms with Gasteiger partial charge in [-0.05, 0) is 33.0 Å². The van der Waals surface area contributed by atoms with Crippen molar-refractivity contribution in [2.75, 3.05) is 33.2 Å². The Morgan fingerprint density at radius 3 is 2.32 bits per heavy atom. The minimum Gasteiger partial charge on any atom is -0.355 e. The average molecular weight is 269 g/mol. The second kappa shape index (κ2) is 8.54. The van der Waals surface area contributed by atoms with E-state index in [0.29, 0.717) is 6.42 Å². The summed E-state index contributed by atoms with van der Waals surface area (Å²) in [6.45, 7) is 8.12. The molecule has 0 aromatic carbocycles. The zero-order valence-electron chi connectivity index (χ0n) is 12.9. The van der Waals surface area contributed by atoms with Gasteiger partial charge in [-0.1, -0.05) is 33.1 Å². The highest BCUT2D eigenvalue weighted by molar-refractivity contribution is 5.77. The molecule has 0 aliphatic heterocycles. The fraction of sp³-hybridized carbons (Fsp3) is 0.933. The number of nitrogens with zero attached hydrogens (tertiary/aromatic N) is 1. The van der Waals surface area contributed by atoms with E-state index >= 15 is 0 Å². The maximum Gasteiger partial charge on any atom is 0.221 e. The molecule has 4 heteroatoms. The molecule has 0 atom stereocenters. The lowest BCUT2D eigenvalue weighted by atomic mass is 9.79. The Bertz CT molecular complexity index is 258. The first kappa shape index (κ1) is 16.4. The van der Waals surface area contributed by atoms with Crippen LogP contribution in [0.25, 0.3) is 0 Å². The van der Waals surface area contributed by atoms with Crippen molar-refractivity contribution in [1.29, 1.82) is 0 Å². The average Bonchev–Trinajstić information content (AvgIpc) is 2.44. The second-order valence-corrected chi connectivity index (χ2v) is 5.64. The largest absolute Gasteiger partial charge is 0.355 e. The number of hydrogen-bond acceptors (Lipinski definition) is 3. The molecule has 2 N–H and O–H groups in total. The molecule has 0 heterocycles. The second-order valence-electron chi connectivity index (χ2n) is 5.64. The molecule has 19 heavy (non-hydrogen) atoms. The first-order chi connectivity index (χ1) is 9.15. The molecule has 0 aromatic rings. The van der Waals surface area contributed by atoms with Crippen molar-refractivity contribution in [2.45, 2.75) is 57.9 Å². The Morgan fingerprint density at radius 1 is 1.16 bits per heavy atom. The van der Waals surface area contributed by atoms with Gasteiger partial charge in [0.15, 0.2) is 0 Å². The van der Waals surface area contributed by atoms with Gasteiger partial charge in [0.25, 0.3) is 0 Å². The Balaban J connectivity index is 2.29. The van der Waals surface area contributed by atoms with Crippen LogP contribution < -0.4 is 10.6 Å². The number of hydrogen-bond donors (Lipinski definition) is 2. The molecule has 0 radical (unpaired) electrons. The number of rotatable bonds is 8. The smallest absolute Gasteiger partial charge is 0.221 e. The van der Waals surface area contributed by atoms with E-state index in [2.05, 4.69) is 29.4 Å². The quantitative estimate of drug-likeness (QED) is 0.706. The molecule has 4 nitrogen and oxygen atoms in total. The predicted molar refractivity (Wildman–Crippen MR) is 80.3 cm³/mol. The molecule has 1 fully saturated rings. The summed E-state index contributed by atoms with van der Waals surface area (Å²) in [5.74, 6) is 0.198. The number of nitrogens with one attached hydrogen (secondary N) is 2. The van der Waals surface area contributed by atoms with Crippen LogP contribution in [0, 0.1) is 0 Å². The highest BCUT2D eigenvalue weighted by Crippen LogP contribution is 2.30. The molecule has 112 valence electrons. The van der Waals surface area contributed by atoms with E-state index in [1.54, 1.807) is 0 Å². The molecule has 0 spiro atoms. The third kappa shape index (κ3) is 5.49. The van der Waals surface area contributed by atoms with Gasteiger partial charge in [-0.2, -0.15) is 0 Å². The highest BCUT2D eigenvalue weighted by atomic mass is 16.1. The number of likely N-dealkylation sites (N-methyl/N-ethyl adjacent to an activating group) is 1. The van der Waals surface area contributed by atoms with Crippen LogP contribution in [0.3, 0.4) is 0 Å². The summed E-state index contributed by atoms with van der Waals surface area (Å²) in [6, 6.07) is 0. The van der Waals surface area contributed by atoms with Gasteiger partial charge in [-0.3, -0.25) is 4.79 Å². The van der Waals surface area contributed by atoms with Crippen molar-refractivity contribution < 1.29 is 4.79 Å². The lowest BCUT2D eigenvalue weighted by Crippen LogP contribution is -2.48. The third-order valence-electron chi connectivity index (χ3n) is 4.48. The summed E-state index contributed by atoms with van der Waals surface area (Å²) in [5, 5.41) is 6.47. The number of carbonyl (C=O) groups excluding carboxylic acids is 1. The maximum absolute atomic E-state index is 12.1. The van der Waals surface area contributed by atoms with Crippen molar-refractivity contribution >= 4 is 5.91 Å². The summed E-state index contributed by atoms with van der Waals surface area (Å²) in [7, 11) is 1.99. The first-order valence-electron chi connectivity index (χ1n) is 7.83. The standard InChI is InChI=1S/C15H31N3O/c1-4-18(5-2)12-11-17-14(19)13-15(16-3)9-7-6-8-10-15/h16H,4-13H2,1-3H3,(H,17,19). The SMILES string of the molecule is CCN(CC)CCNC(=O)CC1(NC)CCCCC1. The van der Waals surface area contributed by atoms with E-state index < -0.39 is 0 Å². The number of carbonyl (C=O) groups is 1. The van der Waals surface area contributed by atoms with E-state index in [1.165, 1.54) is 19.3 Å². The third-order valence-corrected chi connectivity index (χ3v) is 4.48. The Labute approximate surface area is 118 Å². The van der Waals surface area contributed by atoms with Crippen molar-refractivity contribution in [3.8, 4) is 0 Å². The van der Waals surface area contributed by atoms with Gasteiger partial charge in [0.05, 0.1) is 0 Å². The van der Waals surface area contributed by atoms with Crippen LogP contribution in [0.4, 0.5) is 0 Å². The Morgan fingerprint density at radius 2 is 1.79 bits per heavy atom. The van der Waals surface area contributed by atoms with Crippen molar-refractivity contribution in [1.82, 2.24) is 15.5 Å². The summed E-state index contributed by atoms with van der Waals surface area (Å²) >= 11 is 0. The fourth-order valence-corrected chi connectivity index (χ4v) is 3.01. The minimum atomic E-state index is 0.0531. The van der Waals surface area contributed by atoms with Crippen LogP contribution in [-0.4, -0.2) is 49.6 Å². The number of amides is 1. The van der Waals surface area contributed by atoms with Crippen molar-refractivity contribution in [3.63, 3.8) is 0 Å². The van der Waals surface area contributed by atoms with Crippen LogP contribution in [0.2, 0.25) is 0 Å².